The third-order valence-electron chi connectivity index (χ3n) is 2.90. The fraction of sp³-hybridized carbons (Fsp3) is 0.250. The Hall–Kier alpha value is -1.80. The van der Waals surface area contributed by atoms with Crippen molar-refractivity contribution in [1.29, 1.82) is 0 Å². The molecule has 0 saturated carbocycles. The van der Waals surface area contributed by atoms with Crippen LogP contribution in [0.3, 0.4) is 0 Å². The first-order chi connectivity index (χ1) is 8.81. The topological polar surface area (TPSA) is 35.2 Å². The third-order valence-corrected chi connectivity index (χ3v) is 2.90. The molecule has 2 N–H and O–H groups in total. The molecule has 0 aliphatic rings. The second kappa shape index (κ2) is 6.22. The molecule has 0 spiro atoms. The van der Waals surface area contributed by atoms with Crippen molar-refractivity contribution in [3.05, 3.63) is 59.7 Å². The van der Waals surface area contributed by atoms with E-state index in [2.05, 4.69) is 25.1 Å². The smallest absolute Gasteiger partial charge is 0.127 e. The summed E-state index contributed by atoms with van der Waals surface area (Å²) in [7, 11) is 0. The van der Waals surface area contributed by atoms with Crippen LogP contribution >= 0.6 is 0 Å². The summed E-state index contributed by atoms with van der Waals surface area (Å²) in [4.78, 5) is 0. The lowest BCUT2D eigenvalue weighted by Gasteiger charge is -2.08. The van der Waals surface area contributed by atoms with Gasteiger partial charge in [-0.3, -0.25) is 0 Å². The van der Waals surface area contributed by atoms with Gasteiger partial charge >= 0.3 is 0 Å². The summed E-state index contributed by atoms with van der Waals surface area (Å²) in [5.41, 5.74) is 8.08. The molecule has 0 unspecified atom stereocenters. The molecule has 0 fully saturated rings. The highest BCUT2D eigenvalue weighted by atomic mass is 16.5. The van der Waals surface area contributed by atoms with Crippen LogP contribution in [0.4, 0.5) is 0 Å². The Morgan fingerprint density at radius 2 is 1.72 bits per heavy atom. The van der Waals surface area contributed by atoms with Crippen LogP contribution in [-0.4, -0.2) is 6.54 Å². The van der Waals surface area contributed by atoms with Gasteiger partial charge in [0.25, 0.3) is 0 Å². The Kier molecular flexibility index (Phi) is 4.37. The van der Waals surface area contributed by atoms with Crippen LogP contribution < -0.4 is 10.5 Å². The minimum atomic E-state index is 0.661. The minimum absolute atomic E-state index is 0.661. The largest absolute Gasteiger partial charge is 0.457 e. The van der Waals surface area contributed by atoms with Crippen LogP contribution in [-0.2, 0) is 12.8 Å². The van der Waals surface area contributed by atoms with E-state index in [4.69, 9.17) is 10.5 Å². The van der Waals surface area contributed by atoms with Crippen LogP contribution in [0.1, 0.15) is 18.1 Å². The highest BCUT2D eigenvalue weighted by Crippen LogP contribution is 2.22. The molecule has 94 valence electrons. The van der Waals surface area contributed by atoms with E-state index < -0.39 is 0 Å². The summed E-state index contributed by atoms with van der Waals surface area (Å²) >= 11 is 0. The van der Waals surface area contributed by atoms with Crippen molar-refractivity contribution >= 4 is 0 Å². The fourth-order valence-electron chi connectivity index (χ4n) is 1.86. The van der Waals surface area contributed by atoms with Crippen molar-refractivity contribution in [3.8, 4) is 11.5 Å². The Balaban J connectivity index is 2.09. The maximum Gasteiger partial charge on any atom is 0.127 e. The van der Waals surface area contributed by atoms with E-state index >= 15 is 0 Å². The molecule has 2 nitrogen and oxygen atoms in total. The average Bonchev–Trinajstić information content (AvgIpc) is 2.40. The summed E-state index contributed by atoms with van der Waals surface area (Å²) in [6.45, 7) is 2.81. The van der Waals surface area contributed by atoms with E-state index in [9.17, 15) is 0 Å². The fourth-order valence-corrected chi connectivity index (χ4v) is 1.86. The van der Waals surface area contributed by atoms with Crippen LogP contribution in [0.25, 0.3) is 0 Å². The van der Waals surface area contributed by atoms with E-state index in [-0.39, 0.29) is 0 Å². The number of rotatable bonds is 5. The molecule has 0 amide bonds. The Labute approximate surface area is 108 Å². The molecule has 2 aromatic carbocycles. The minimum Gasteiger partial charge on any atom is -0.457 e. The summed E-state index contributed by atoms with van der Waals surface area (Å²) in [5.74, 6) is 1.74. The lowest BCUT2D eigenvalue weighted by Crippen LogP contribution is -2.02. The van der Waals surface area contributed by atoms with Gasteiger partial charge in [-0.2, -0.15) is 0 Å². The summed E-state index contributed by atoms with van der Waals surface area (Å²) in [5, 5.41) is 0. The number of aryl methyl sites for hydroxylation is 1. The molecule has 0 radical (unpaired) electrons. The van der Waals surface area contributed by atoms with Crippen molar-refractivity contribution in [3.63, 3.8) is 0 Å². The number of ether oxygens (including phenoxy) is 1. The Morgan fingerprint density at radius 1 is 0.944 bits per heavy atom. The molecule has 0 heterocycles. The van der Waals surface area contributed by atoms with Crippen molar-refractivity contribution in [2.24, 2.45) is 5.73 Å². The molecule has 0 aromatic heterocycles. The predicted octanol–water partition coefficient (Wildman–Crippen LogP) is 3.54. The van der Waals surface area contributed by atoms with Gasteiger partial charge < -0.3 is 10.5 Å². The summed E-state index contributed by atoms with van der Waals surface area (Å²) < 4.78 is 5.82. The summed E-state index contributed by atoms with van der Waals surface area (Å²) in [6, 6.07) is 16.3. The second-order valence-electron chi connectivity index (χ2n) is 4.29. The maximum atomic E-state index is 5.82. The lowest BCUT2D eigenvalue weighted by atomic mass is 10.1. The quantitative estimate of drug-likeness (QED) is 0.869. The third kappa shape index (κ3) is 3.34. The van der Waals surface area contributed by atoms with Crippen molar-refractivity contribution in [1.82, 2.24) is 0 Å². The molecule has 2 aromatic rings. The van der Waals surface area contributed by atoms with Crippen molar-refractivity contribution < 1.29 is 4.74 Å². The second-order valence-corrected chi connectivity index (χ2v) is 4.29. The van der Waals surface area contributed by atoms with E-state index in [0.29, 0.717) is 6.54 Å². The molecule has 0 bridgehead atoms. The zero-order valence-electron chi connectivity index (χ0n) is 10.7. The van der Waals surface area contributed by atoms with E-state index in [1.807, 2.05) is 30.3 Å². The molecule has 18 heavy (non-hydrogen) atoms. The Morgan fingerprint density at radius 3 is 2.39 bits per heavy atom. The zero-order chi connectivity index (χ0) is 12.8. The molecule has 0 atom stereocenters. The molecular formula is C16H19NO. The van der Waals surface area contributed by atoms with Gasteiger partial charge in [-0.25, -0.2) is 0 Å². The number of nitrogens with two attached hydrogens (primary N) is 1. The molecule has 0 aliphatic carbocycles. The van der Waals surface area contributed by atoms with Gasteiger partial charge in [0.1, 0.15) is 11.5 Å². The van der Waals surface area contributed by atoms with Crippen LogP contribution in [0.15, 0.2) is 48.5 Å². The standard InChI is InChI=1S/C16H19NO/c1-2-13-6-8-15(9-7-13)18-16-5-3-4-14(12-16)10-11-17/h3-9,12H,2,10-11,17H2,1H3. The van der Waals surface area contributed by atoms with Gasteiger partial charge in [-0.15, -0.1) is 0 Å². The van der Waals surface area contributed by atoms with Crippen molar-refractivity contribution in [2.45, 2.75) is 19.8 Å². The normalized spacial score (nSPS) is 10.3. The Bertz CT molecular complexity index is 491. The van der Waals surface area contributed by atoms with E-state index in [1.54, 1.807) is 0 Å². The van der Waals surface area contributed by atoms with Gasteiger partial charge in [0.2, 0.25) is 0 Å². The molecule has 0 saturated heterocycles. The summed E-state index contributed by atoms with van der Waals surface area (Å²) in [6.07, 6.45) is 1.93. The number of benzene rings is 2. The van der Waals surface area contributed by atoms with Gasteiger partial charge in [0.15, 0.2) is 0 Å². The van der Waals surface area contributed by atoms with Crippen LogP contribution in [0.5, 0.6) is 11.5 Å². The molecular weight excluding hydrogens is 222 g/mol. The monoisotopic (exact) mass is 241 g/mol. The first-order valence-corrected chi connectivity index (χ1v) is 6.37. The van der Waals surface area contributed by atoms with E-state index in [0.717, 1.165) is 24.3 Å². The highest BCUT2D eigenvalue weighted by molar-refractivity contribution is 5.35. The molecule has 0 aliphatic heterocycles. The maximum absolute atomic E-state index is 5.82. The van der Waals surface area contributed by atoms with Crippen LogP contribution in [0, 0.1) is 0 Å². The van der Waals surface area contributed by atoms with E-state index in [1.165, 1.54) is 11.1 Å². The van der Waals surface area contributed by atoms with Crippen molar-refractivity contribution in [2.75, 3.05) is 6.54 Å². The number of hydrogen-bond acceptors (Lipinski definition) is 2. The SMILES string of the molecule is CCc1ccc(Oc2cccc(CCN)c2)cc1. The van der Waals surface area contributed by atoms with Crippen LogP contribution in [0.2, 0.25) is 0 Å². The van der Waals surface area contributed by atoms with Gasteiger partial charge in [0, 0.05) is 0 Å². The highest BCUT2D eigenvalue weighted by Gasteiger charge is 1.99. The first-order valence-electron chi connectivity index (χ1n) is 6.37. The van der Waals surface area contributed by atoms with Gasteiger partial charge in [0.05, 0.1) is 0 Å². The first kappa shape index (κ1) is 12.7. The zero-order valence-corrected chi connectivity index (χ0v) is 10.7. The molecule has 2 heteroatoms. The van der Waals surface area contributed by atoms with Gasteiger partial charge in [-0.05, 0) is 54.8 Å². The predicted molar refractivity (Wildman–Crippen MR) is 75.1 cm³/mol. The molecule has 2 rings (SSSR count). The lowest BCUT2D eigenvalue weighted by molar-refractivity contribution is 0.482. The van der Waals surface area contributed by atoms with Gasteiger partial charge in [-0.1, -0.05) is 31.2 Å². The number of hydrogen-bond donors (Lipinski definition) is 1. The average molecular weight is 241 g/mol.